The van der Waals surface area contributed by atoms with Crippen molar-refractivity contribution in [2.75, 3.05) is 16.9 Å². The van der Waals surface area contributed by atoms with Gasteiger partial charge in [0.05, 0.1) is 10.4 Å². The normalized spacial score (nSPS) is 11.8. The highest BCUT2D eigenvalue weighted by Gasteiger charge is 2.32. The van der Waals surface area contributed by atoms with Gasteiger partial charge in [-0.2, -0.15) is 0 Å². The number of nitrogens with zero attached hydrogens (tertiary/aromatic N) is 2. The minimum absolute atomic E-state index is 0.178. The van der Waals surface area contributed by atoms with Gasteiger partial charge in [0, 0.05) is 31.5 Å². The maximum absolute atomic E-state index is 13.4. The van der Waals surface area contributed by atoms with Crippen LogP contribution in [0.2, 0.25) is 0 Å². The van der Waals surface area contributed by atoms with Gasteiger partial charge in [0.25, 0.3) is 0 Å². The van der Waals surface area contributed by atoms with E-state index in [1.807, 2.05) is 0 Å². The molecule has 1 aromatic heterocycles. The van der Waals surface area contributed by atoms with E-state index in [0.29, 0.717) is 29.3 Å². The number of aromatic nitrogens is 2. The first-order chi connectivity index (χ1) is 15.0. The zero-order valence-corrected chi connectivity index (χ0v) is 19.1. The Labute approximate surface area is 187 Å². The summed E-state index contributed by atoms with van der Waals surface area (Å²) in [5.41, 5.74) is 2.71. The summed E-state index contributed by atoms with van der Waals surface area (Å²) in [4.78, 5) is 11.9. The van der Waals surface area contributed by atoms with E-state index in [4.69, 9.17) is 0 Å². The molecule has 7 nitrogen and oxygen atoms in total. The Bertz CT molecular complexity index is 1240. The molecule has 2 aromatic carbocycles. The Balaban J connectivity index is 1.81. The third-order valence-electron chi connectivity index (χ3n) is 5.28. The highest BCUT2D eigenvalue weighted by molar-refractivity contribution is 7.91. The molecule has 32 heavy (non-hydrogen) atoms. The van der Waals surface area contributed by atoms with Crippen LogP contribution in [0.15, 0.2) is 54.6 Å². The molecule has 0 aliphatic heterocycles. The van der Waals surface area contributed by atoms with E-state index in [1.165, 1.54) is 25.3 Å². The minimum Gasteiger partial charge on any atom is -0.379 e. The summed E-state index contributed by atoms with van der Waals surface area (Å²) in [7, 11) is -3.28. The van der Waals surface area contributed by atoms with Gasteiger partial charge in [0.1, 0.15) is 5.82 Å². The molecular formula is C23H25FN4O3S. The molecule has 3 rings (SSSR count). The molecular weight excluding hydrogens is 431 g/mol. The van der Waals surface area contributed by atoms with Crippen molar-refractivity contribution in [3.8, 4) is 0 Å². The summed E-state index contributed by atoms with van der Waals surface area (Å²) in [5.74, 6) is -0.196. The maximum atomic E-state index is 13.4. The van der Waals surface area contributed by atoms with Gasteiger partial charge in [0.15, 0.2) is 27.1 Å². The van der Waals surface area contributed by atoms with Crippen molar-refractivity contribution in [3.63, 3.8) is 0 Å². The van der Waals surface area contributed by atoms with E-state index in [-0.39, 0.29) is 17.3 Å². The van der Waals surface area contributed by atoms with Gasteiger partial charge >= 0.3 is 0 Å². The second-order valence-corrected chi connectivity index (χ2v) is 10.6. The molecule has 0 atom stereocenters. The molecule has 0 aliphatic carbocycles. The van der Waals surface area contributed by atoms with Gasteiger partial charge in [-0.3, -0.25) is 4.79 Å². The third-order valence-corrected chi connectivity index (χ3v) is 7.37. The average Bonchev–Trinajstić information content (AvgIpc) is 2.72. The predicted molar refractivity (Wildman–Crippen MR) is 123 cm³/mol. The number of sulfone groups is 1. The van der Waals surface area contributed by atoms with Gasteiger partial charge < -0.3 is 10.6 Å². The lowest BCUT2D eigenvalue weighted by molar-refractivity contribution is 0.101. The van der Waals surface area contributed by atoms with Crippen LogP contribution in [0.25, 0.3) is 0 Å². The van der Waals surface area contributed by atoms with Crippen LogP contribution in [0, 0.1) is 5.82 Å². The lowest BCUT2D eigenvalue weighted by Gasteiger charge is -2.23. The number of halogens is 1. The number of nitrogens with one attached hydrogen (secondary N) is 2. The quantitative estimate of drug-likeness (QED) is 0.483. The lowest BCUT2D eigenvalue weighted by atomic mass is 10.0. The van der Waals surface area contributed by atoms with Gasteiger partial charge in [-0.05, 0) is 49.2 Å². The van der Waals surface area contributed by atoms with Gasteiger partial charge in [-0.15, -0.1) is 10.2 Å². The predicted octanol–water partition coefficient (Wildman–Crippen LogP) is 4.45. The lowest BCUT2D eigenvalue weighted by Crippen LogP contribution is -2.27. The molecule has 1 heterocycles. The molecule has 0 saturated heterocycles. The van der Waals surface area contributed by atoms with Crippen LogP contribution >= 0.6 is 0 Å². The smallest absolute Gasteiger partial charge is 0.182 e. The third kappa shape index (κ3) is 5.28. The monoisotopic (exact) mass is 456 g/mol. The standard InChI is InChI=1S/C23H25FN4O3S/c1-15(29)22-20(25-14-16-6-5-7-18(24)12-16)13-21(27-28-22)26-19-10-8-17(9-11-19)23(2,3)32(4,30)31/h5-13H,14H2,1-4H3,(H2,25,26,27). The number of ketones is 1. The van der Waals surface area contributed by atoms with Crippen LogP contribution in [-0.4, -0.2) is 30.7 Å². The molecule has 0 saturated carbocycles. The molecule has 0 spiro atoms. The van der Waals surface area contributed by atoms with E-state index in [2.05, 4.69) is 20.8 Å². The number of anilines is 3. The number of Topliss-reactive ketones (excluding diaryl/α,β-unsaturated/α-hetero) is 1. The molecule has 0 fully saturated rings. The van der Waals surface area contributed by atoms with E-state index in [0.717, 1.165) is 5.56 Å². The van der Waals surface area contributed by atoms with Crippen molar-refractivity contribution in [2.24, 2.45) is 0 Å². The van der Waals surface area contributed by atoms with Crippen LogP contribution < -0.4 is 10.6 Å². The fourth-order valence-corrected chi connectivity index (χ4v) is 3.57. The van der Waals surface area contributed by atoms with Crippen molar-refractivity contribution >= 4 is 32.8 Å². The Kier molecular flexibility index (Phi) is 6.59. The molecule has 0 unspecified atom stereocenters. The molecule has 168 valence electrons. The van der Waals surface area contributed by atoms with Crippen LogP contribution in [0.5, 0.6) is 0 Å². The Morgan fingerprint density at radius 2 is 1.75 bits per heavy atom. The molecule has 2 N–H and O–H groups in total. The summed E-state index contributed by atoms with van der Waals surface area (Å²) in [6, 6.07) is 14.8. The zero-order chi connectivity index (χ0) is 23.5. The maximum Gasteiger partial charge on any atom is 0.182 e. The number of carbonyl (C=O) groups excluding carboxylic acids is 1. The SMILES string of the molecule is CC(=O)c1nnc(Nc2ccc(C(C)(C)S(C)(=O)=O)cc2)cc1NCc1cccc(F)c1. The van der Waals surface area contributed by atoms with E-state index < -0.39 is 14.6 Å². The second-order valence-electron chi connectivity index (χ2n) is 8.02. The first-order valence-corrected chi connectivity index (χ1v) is 11.8. The van der Waals surface area contributed by atoms with E-state index >= 15 is 0 Å². The second kappa shape index (κ2) is 9.04. The Hall–Kier alpha value is -3.33. The fraction of sp³-hybridized carbons (Fsp3) is 0.261. The highest BCUT2D eigenvalue weighted by atomic mass is 32.2. The summed E-state index contributed by atoms with van der Waals surface area (Å²) < 4.78 is 36.5. The Morgan fingerprint density at radius 3 is 2.34 bits per heavy atom. The number of benzene rings is 2. The van der Waals surface area contributed by atoms with Crippen LogP contribution in [0.3, 0.4) is 0 Å². The fourth-order valence-electron chi connectivity index (χ4n) is 3.01. The molecule has 9 heteroatoms. The molecule has 0 bridgehead atoms. The van der Waals surface area contributed by atoms with Crippen molar-refractivity contribution in [2.45, 2.75) is 32.1 Å². The Morgan fingerprint density at radius 1 is 1.06 bits per heavy atom. The van der Waals surface area contributed by atoms with Crippen molar-refractivity contribution in [1.29, 1.82) is 0 Å². The molecule has 3 aromatic rings. The highest BCUT2D eigenvalue weighted by Crippen LogP contribution is 2.30. The summed E-state index contributed by atoms with van der Waals surface area (Å²) in [5, 5.41) is 14.3. The first kappa shape index (κ1) is 23.3. The number of rotatable bonds is 8. The van der Waals surface area contributed by atoms with Gasteiger partial charge in [-0.25, -0.2) is 12.8 Å². The average molecular weight is 457 g/mol. The topological polar surface area (TPSA) is 101 Å². The minimum atomic E-state index is -3.28. The first-order valence-electron chi connectivity index (χ1n) is 9.91. The molecule has 0 amide bonds. The zero-order valence-electron chi connectivity index (χ0n) is 18.3. The van der Waals surface area contributed by atoms with Crippen LogP contribution in [-0.2, 0) is 21.1 Å². The summed E-state index contributed by atoms with van der Waals surface area (Å²) in [6.45, 7) is 5.02. The van der Waals surface area contributed by atoms with E-state index in [1.54, 1.807) is 56.3 Å². The van der Waals surface area contributed by atoms with Crippen LogP contribution in [0.4, 0.5) is 21.6 Å². The summed E-state index contributed by atoms with van der Waals surface area (Å²) in [6.07, 6.45) is 1.21. The summed E-state index contributed by atoms with van der Waals surface area (Å²) >= 11 is 0. The van der Waals surface area contributed by atoms with Gasteiger partial charge in [-0.1, -0.05) is 24.3 Å². The van der Waals surface area contributed by atoms with Crippen molar-refractivity contribution in [1.82, 2.24) is 10.2 Å². The molecule has 0 aliphatic rings. The van der Waals surface area contributed by atoms with E-state index in [9.17, 15) is 17.6 Å². The number of hydrogen-bond acceptors (Lipinski definition) is 7. The van der Waals surface area contributed by atoms with Crippen molar-refractivity contribution in [3.05, 3.63) is 77.2 Å². The number of carbonyl (C=O) groups is 1. The molecule has 0 radical (unpaired) electrons. The number of hydrogen-bond donors (Lipinski definition) is 2. The van der Waals surface area contributed by atoms with Crippen LogP contribution in [0.1, 0.15) is 42.4 Å². The largest absolute Gasteiger partial charge is 0.379 e. The van der Waals surface area contributed by atoms with Crippen molar-refractivity contribution < 1.29 is 17.6 Å². The van der Waals surface area contributed by atoms with Gasteiger partial charge in [0.2, 0.25) is 0 Å².